The highest BCUT2D eigenvalue weighted by atomic mass is 16.4. The topological polar surface area (TPSA) is 98.2 Å². The first-order valence-corrected chi connectivity index (χ1v) is 6.01. The molecule has 0 radical (unpaired) electrons. The summed E-state index contributed by atoms with van der Waals surface area (Å²) >= 11 is 0. The van der Waals surface area contributed by atoms with Gasteiger partial charge in [0.1, 0.15) is 6.04 Å². The van der Waals surface area contributed by atoms with Gasteiger partial charge in [-0.05, 0) is 12.8 Å². The van der Waals surface area contributed by atoms with Gasteiger partial charge in [-0.3, -0.25) is 14.6 Å². The van der Waals surface area contributed by atoms with E-state index >= 15 is 0 Å². The largest absolute Gasteiger partial charge is 0.465 e. The molecule has 2 rings (SSSR count). The zero-order chi connectivity index (χ0) is 13.4. The van der Waals surface area contributed by atoms with Crippen LogP contribution in [0.5, 0.6) is 0 Å². The lowest BCUT2D eigenvalue weighted by Crippen LogP contribution is -2.64. The minimum Gasteiger partial charge on any atom is -0.465 e. The van der Waals surface area contributed by atoms with Gasteiger partial charge < -0.3 is 10.2 Å². The maximum atomic E-state index is 11.9. The van der Waals surface area contributed by atoms with Gasteiger partial charge in [0.2, 0.25) is 0 Å². The molecule has 0 unspecified atom stereocenters. The van der Waals surface area contributed by atoms with E-state index in [0.29, 0.717) is 12.8 Å². The number of carboxylic acid groups (broad SMARTS) is 2. The molecule has 2 fully saturated rings. The molecule has 3 atom stereocenters. The van der Waals surface area contributed by atoms with Crippen molar-refractivity contribution in [2.75, 3.05) is 6.54 Å². The number of fused-ring (bicyclic) bond motifs is 2. The highest BCUT2D eigenvalue weighted by molar-refractivity contribution is 5.89. The summed E-state index contributed by atoms with van der Waals surface area (Å²) in [5, 5.41) is 18.3. The number of Topliss-reactive ketones (excluding diaryl/α,β-unsaturated/α-hetero) is 1. The van der Waals surface area contributed by atoms with Crippen molar-refractivity contribution >= 4 is 18.0 Å². The van der Waals surface area contributed by atoms with Gasteiger partial charge in [0, 0.05) is 13.0 Å². The molecule has 0 spiro atoms. The zero-order valence-corrected chi connectivity index (χ0v) is 10.1. The number of nitrogens with zero attached hydrogens (tertiary/aromatic N) is 2. The molecule has 7 heteroatoms. The average molecular weight is 256 g/mol. The number of piperazine rings is 1. The van der Waals surface area contributed by atoms with Gasteiger partial charge in [0.05, 0.1) is 12.1 Å². The number of rotatable bonds is 2. The Hall–Kier alpha value is -1.79. The number of carbonyl (C=O) groups is 3. The molecular weight excluding hydrogens is 240 g/mol. The van der Waals surface area contributed by atoms with Crippen LogP contribution in [0.2, 0.25) is 0 Å². The van der Waals surface area contributed by atoms with Crippen LogP contribution < -0.4 is 0 Å². The highest BCUT2D eigenvalue weighted by Gasteiger charge is 2.52. The first kappa shape index (κ1) is 12.7. The van der Waals surface area contributed by atoms with Crippen molar-refractivity contribution in [3.05, 3.63) is 0 Å². The van der Waals surface area contributed by atoms with Crippen molar-refractivity contribution in [3.63, 3.8) is 0 Å². The number of carbonyl (C=O) groups excluding carboxylic acids is 1. The van der Waals surface area contributed by atoms with E-state index in [1.165, 1.54) is 4.90 Å². The second-order valence-electron chi connectivity index (χ2n) is 4.69. The molecule has 18 heavy (non-hydrogen) atoms. The predicted molar refractivity (Wildman–Crippen MR) is 60.5 cm³/mol. The lowest BCUT2D eigenvalue weighted by molar-refractivity contribution is -0.127. The first-order chi connectivity index (χ1) is 8.47. The Kier molecular flexibility index (Phi) is 3.14. The maximum Gasteiger partial charge on any atom is 0.408 e. The van der Waals surface area contributed by atoms with Gasteiger partial charge in [0.15, 0.2) is 5.78 Å². The third-order valence-electron chi connectivity index (χ3n) is 3.80. The molecule has 2 bridgehead atoms. The van der Waals surface area contributed by atoms with E-state index in [1.807, 2.05) is 0 Å². The molecule has 0 saturated carbocycles. The maximum absolute atomic E-state index is 11.9. The summed E-state index contributed by atoms with van der Waals surface area (Å²) in [6.45, 7) is 1.75. The zero-order valence-electron chi connectivity index (χ0n) is 10.1. The van der Waals surface area contributed by atoms with Gasteiger partial charge in [-0.1, -0.05) is 6.92 Å². The van der Waals surface area contributed by atoms with Crippen molar-refractivity contribution in [2.45, 2.75) is 44.3 Å². The summed E-state index contributed by atoms with van der Waals surface area (Å²) in [7, 11) is 0. The van der Waals surface area contributed by atoms with E-state index in [2.05, 4.69) is 0 Å². The molecule has 2 amide bonds. The smallest absolute Gasteiger partial charge is 0.408 e. The fourth-order valence-corrected chi connectivity index (χ4v) is 3.04. The summed E-state index contributed by atoms with van der Waals surface area (Å²) in [5.74, 6) is -0.214. The van der Waals surface area contributed by atoms with Crippen LogP contribution in [0, 0.1) is 0 Å². The van der Waals surface area contributed by atoms with Crippen molar-refractivity contribution < 1.29 is 24.6 Å². The first-order valence-electron chi connectivity index (χ1n) is 6.01. The highest BCUT2D eigenvalue weighted by Crippen LogP contribution is 2.35. The molecule has 2 saturated heterocycles. The lowest BCUT2D eigenvalue weighted by atomic mass is 9.97. The molecule has 2 N–H and O–H groups in total. The second kappa shape index (κ2) is 4.47. The average Bonchev–Trinajstić information content (AvgIpc) is 2.63. The minimum absolute atomic E-state index is 0.0918. The van der Waals surface area contributed by atoms with Crippen LogP contribution in [0.25, 0.3) is 0 Å². The van der Waals surface area contributed by atoms with E-state index in [-0.39, 0.29) is 24.8 Å². The van der Waals surface area contributed by atoms with Crippen LogP contribution >= 0.6 is 0 Å². The molecule has 0 aromatic heterocycles. The predicted octanol–water partition coefficient (Wildman–Crippen LogP) is 0.839. The Balaban J connectivity index is 2.33. The van der Waals surface area contributed by atoms with Crippen LogP contribution in [-0.2, 0) is 4.79 Å². The van der Waals surface area contributed by atoms with Crippen molar-refractivity contribution in [1.29, 1.82) is 0 Å². The summed E-state index contributed by atoms with van der Waals surface area (Å²) in [6, 6.07) is -1.68. The van der Waals surface area contributed by atoms with E-state index in [4.69, 9.17) is 10.2 Å². The monoisotopic (exact) mass is 256 g/mol. The molecule has 0 aliphatic carbocycles. The molecule has 2 aliphatic rings. The number of likely N-dealkylation sites (tertiary alicyclic amines) is 1. The lowest BCUT2D eigenvalue weighted by Gasteiger charge is -2.43. The third kappa shape index (κ3) is 1.79. The Morgan fingerprint density at radius 1 is 1.17 bits per heavy atom. The van der Waals surface area contributed by atoms with Gasteiger partial charge >= 0.3 is 12.2 Å². The molecular formula is C11H16N2O5. The van der Waals surface area contributed by atoms with Crippen molar-refractivity contribution in [1.82, 2.24) is 9.80 Å². The van der Waals surface area contributed by atoms with E-state index in [0.717, 1.165) is 4.90 Å². The van der Waals surface area contributed by atoms with Gasteiger partial charge in [-0.2, -0.15) is 0 Å². The minimum atomic E-state index is -1.15. The van der Waals surface area contributed by atoms with Crippen LogP contribution in [0.15, 0.2) is 0 Å². The summed E-state index contributed by atoms with van der Waals surface area (Å²) < 4.78 is 0. The fourth-order valence-electron chi connectivity index (χ4n) is 3.04. The molecule has 2 aliphatic heterocycles. The number of ketones is 1. The second-order valence-corrected chi connectivity index (χ2v) is 4.69. The Morgan fingerprint density at radius 2 is 1.83 bits per heavy atom. The van der Waals surface area contributed by atoms with E-state index < -0.39 is 24.3 Å². The van der Waals surface area contributed by atoms with Crippen LogP contribution in [-0.4, -0.2) is 62.7 Å². The standard InChI is InChI=1S/C11H16N2O5/c1-2-8(14)9-7-4-3-6(13(7)11(17)18)5-12(9)10(15)16/h6-7,9H,2-5H2,1H3,(H,15,16)(H,17,18)/t6-,7+,9+/m1/s1. The van der Waals surface area contributed by atoms with Crippen LogP contribution in [0.1, 0.15) is 26.2 Å². The number of amides is 2. The van der Waals surface area contributed by atoms with Crippen LogP contribution in [0.3, 0.4) is 0 Å². The molecule has 0 aromatic rings. The number of hydrogen-bond donors (Lipinski definition) is 2. The van der Waals surface area contributed by atoms with E-state index in [1.54, 1.807) is 6.92 Å². The molecule has 2 heterocycles. The van der Waals surface area contributed by atoms with Gasteiger partial charge in [-0.25, -0.2) is 9.59 Å². The molecule has 7 nitrogen and oxygen atoms in total. The molecule has 100 valence electrons. The van der Waals surface area contributed by atoms with Gasteiger partial charge in [-0.15, -0.1) is 0 Å². The van der Waals surface area contributed by atoms with Crippen LogP contribution in [0.4, 0.5) is 9.59 Å². The fraction of sp³-hybridized carbons (Fsp3) is 0.727. The van der Waals surface area contributed by atoms with Crippen molar-refractivity contribution in [3.8, 4) is 0 Å². The van der Waals surface area contributed by atoms with Crippen molar-refractivity contribution in [2.24, 2.45) is 0 Å². The Bertz CT molecular complexity index is 397. The quantitative estimate of drug-likeness (QED) is 0.762. The number of hydrogen-bond acceptors (Lipinski definition) is 3. The Labute approximate surface area is 104 Å². The summed E-state index contributed by atoms with van der Waals surface area (Å²) in [6.07, 6.45) is -0.834. The Morgan fingerprint density at radius 3 is 2.33 bits per heavy atom. The van der Waals surface area contributed by atoms with Gasteiger partial charge in [0.25, 0.3) is 0 Å². The third-order valence-corrected chi connectivity index (χ3v) is 3.80. The summed E-state index contributed by atoms with van der Waals surface area (Å²) in [4.78, 5) is 36.7. The van der Waals surface area contributed by atoms with E-state index in [9.17, 15) is 14.4 Å². The molecule has 0 aromatic carbocycles. The SMILES string of the molecule is CCC(=O)[C@@H]1[C@@H]2CC[C@H](CN1C(=O)O)N2C(=O)O. The summed E-state index contributed by atoms with van der Waals surface area (Å²) in [5.41, 5.74) is 0. The normalized spacial score (nSPS) is 30.4.